The zero-order valence-electron chi connectivity index (χ0n) is 8.90. The van der Waals surface area contributed by atoms with E-state index in [1.165, 1.54) is 19.0 Å². The molecule has 1 aliphatic carbocycles. The molecule has 1 fully saturated rings. The first-order chi connectivity index (χ1) is 7.29. The van der Waals surface area contributed by atoms with E-state index < -0.39 is 0 Å². The molecule has 2 rings (SSSR count). The summed E-state index contributed by atoms with van der Waals surface area (Å²) in [5, 5.41) is 6.33. The minimum atomic E-state index is -0.259. The topological polar surface area (TPSA) is 55.0 Å². The highest BCUT2D eigenvalue weighted by molar-refractivity contribution is 5.88. The lowest BCUT2D eigenvalue weighted by Gasteiger charge is -2.11. The minimum Gasteiger partial charge on any atom is -0.459 e. The fourth-order valence-corrected chi connectivity index (χ4v) is 2.09. The van der Waals surface area contributed by atoms with Gasteiger partial charge < -0.3 is 4.74 Å². The number of aromatic amines is 1. The van der Waals surface area contributed by atoms with Crippen molar-refractivity contribution in [2.45, 2.75) is 38.7 Å². The van der Waals surface area contributed by atoms with Crippen LogP contribution in [0.5, 0.6) is 0 Å². The van der Waals surface area contributed by atoms with Gasteiger partial charge in [0, 0.05) is 6.20 Å². The molecule has 4 nitrogen and oxygen atoms in total. The Kier molecular flexibility index (Phi) is 3.04. The Morgan fingerprint density at radius 3 is 3.13 bits per heavy atom. The largest absolute Gasteiger partial charge is 0.459 e. The molecule has 0 spiro atoms. The molecule has 1 aliphatic rings. The van der Waals surface area contributed by atoms with Crippen LogP contribution in [0.25, 0.3) is 0 Å². The van der Waals surface area contributed by atoms with Crippen molar-refractivity contribution >= 4 is 5.97 Å². The van der Waals surface area contributed by atoms with Crippen LogP contribution in [0.1, 0.15) is 43.0 Å². The third kappa shape index (κ3) is 2.37. The van der Waals surface area contributed by atoms with E-state index in [-0.39, 0.29) is 12.1 Å². The monoisotopic (exact) mass is 208 g/mol. The van der Waals surface area contributed by atoms with Crippen LogP contribution < -0.4 is 0 Å². The zero-order chi connectivity index (χ0) is 10.7. The molecule has 0 aliphatic heterocycles. The fraction of sp³-hybridized carbons (Fsp3) is 0.636. The second kappa shape index (κ2) is 4.47. The summed E-state index contributed by atoms with van der Waals surface area (Å²) in [6.07, 6.45) is 7.54. The van der Waals surface area contributed by atoms with Gasteiger partial charge in [0.15, 0.2) is 0 Å². The number of carbonyl (C=O) groups excluding carboxylic acids is 1. The van der Waals surface area contributed by atoms with E-state index in [1.807, 2.05) is 0 Å². The number of nitrogens with zero attached hydrogens (tertiary/aromatic N) is 1. The predicted molar refractivity (Wildman–Crippen MR) is 55.4 cm³/mol. The highest BCUT2D eigenvalue weighted by Crippen LogP contribution is 2.30. The number of hydrogen-bond acceptors (Lipinski definition) is 3. The van der Waals surface area contributed by atoms with Crippen molar-refractivity contribution in [1.82, 2.24) is 10.2 Å². The van der Waals surface area contributed by atoms with Crippen molar-refractivity contribution < 1.29 is 9.53 Å². The molecule has 1 saturated carbocycles. The molecule has 82 valence electrons. The van der Waals surface area contributed by atoms with Gasteiger partial charge in [-0.1, -0.05) is 13.3 Å². The maximum absolute atomic E-state index is 11.6. The van der Waals surface area contributed by atoms with Crippen LogP contribution >= 0.6 is 0 Å². The van der Waals surface area contributed by atoms with Gasteiger partial charge in [-0.15, -0.1) is 0 Å². The van der Waals surface area contributed by atoms with Crippen LogP contribution in [0.3, 0.4) is 0 Å². The van der Waals surface area contributed by atoms with Gasteiger partial charge in [-0.25, -0.2) is 4.79 Å². The molecule has 1 aromatic heterocycles. The van der Waals surface area contributed by atoms with Crippen molar-refractivity contribution in [2.24, 2.45) is 5.92 Å². The molecule has 1 heterocycles. The summed E-state index contributed by atoms with van der Waals surface area (Å²) >= 11 is 0. The van der Waals surface area contributed by atoms with E-state index in [4.69, 9.17) is 4.74 Å². The Balaban J connectivity index is 1.86. The third-order valence-corrected chi connectivity index (χ3v) is 3.08. The highest BCUT2D eigenvalue weighted by Gasteiger charge is 2.26. The van der Waals surface area contributed by atoms with Crippen molar-refractivity contribution in [3.05, 3.63) is 18.0 Å². The molecule has 0 unspecified atom stereocenters. The van der Waals surface area contributed by atoms with Crippen LogP contribution in [-0.4, -0.2) is 22.3 Å². The molecule has 0 amide bonds. The van der Waals surface area contributed by atoms with E-state index in [0.717, 1.165) is 18.8 Å². The number of ether oxygens (including phenoxy) is 1. The molecule has 4 heteroatoms. The molecule has 1 aromatic rings. The first kappa shape index (κ1) is 10.2. The lowest BCUT2D eigenvalue weighted by Crippen LogP contribution is -2.14. The van der Waals surface area contributed by atoms with Crippen molar-refractivity contribution in [2.75, 3.05) is 0 Å². The Bertz CT molecular complexity index is 321. The zero-order valence-corrected chi connectivity index (χ0v) is 8.90. The van der Waals surface area contributed by atoms with Crippen molar-refractivity contribution in [1.29, 1.82) is 0 Å². The summed E-state index contributed by atoms with van der Waals surface area (Å²) < 4.78 is 5.39. The fourth-order valence-electron chi connectivity index (χ4n) is 2.09. The highest BCUT2D eigenvalue weighted by atomic mass is 16.5. The smallest absolute Gasteiger partial charge is 0.341 e. The van der Waals surface area contributed by atoms with Gasteiger partial charge >= 0.3 is 5.97 Å². The van der Waals surface area contributed by atoms with Crippen molar-refractivity contribution in [3.63, 3.8) is 0 Å². The Hall–Kier alpha value is -1.32. The molecule has 15 heavy (non-hydrogen) atoms. The second-order valence-electron chi connectivity index (χ2n) is 4.10. The molecule has 0 radical (unpaired) electrons. The number of rotatable bonds is 3. The van der Waals surface area contributed by atoms with E-state index in [1.54, 1.807) is 6.20 Å². The Labute approximate surface area is 89.0 Å². The van der Waals surface area contributed by atoms with Gasteiger partial charge in [-0.3, -0.25) is 5.10 Å². The van der Waals surface area contributed by atoms with E-state index in [0.29, 0.717) is 5.56 Å². The van der Waals surface area contributed by atoms with Gasteiger partial charge in [-0.2, -0.15) is 5.10 Å². The lowest BCUT2D eigenvalue weighted by molar-refractivity contribution is 0.0309. The van der Waals surface area contributed by atoms with Crippen molar-refractivity contribution in [3.8, 4) is 0 Å². The Morgan fingerprint density at radius 2 is 2.53 bits per heavy atom. The number of esters is 1. The van der Waals surface area contributed by atoms with E-state index >= 15 is 0 Å². The van der Waals surface area contributed by atoms with Gasteiger partial charge in [-0.05, 0) is 25.2 Å². The number of nitrogens with one attached hydrogen (secondary N) is 1. The Morgan fingerprint density at radius 1 is 1.67 bits per heavy atom. The molecule has 1 N–H and O–H groups in total. The molecule has 0 saturated heterocycles. The van der Waals surface area contributed by atoms with Crippen LogP contribution in [-0.2, 0) is 4.74 Å². The third-order valence-electron chi connectivity index (χ3n) is 3.08. The summed E-state index contributed by atoms with van der Waals surface area (Å²) in [6, 6.07) is 0. The maximum atomic E-state index is 11.6. The molecule has 0 bridgehead atoms. The summed E-state index contributed by atoms with van der Waals surface area (Å²) in [7, 11) is 0. The minimum absolute atomic E-state index is 0.109. The quantitative estimate of drug-likeness (QED) is 0.774. The standard InChI is InChI=1S/C11H16N2O2/c1-2-8-3-4-10(5-8)15-11(14)9-6-12-13-7-9/h6-8,10H,2-5H2,1H3,(H,12,13)/t8-,10-/m1/s1. The van der Waals surface area contributed by atoms with Gasteiger partial charge in [0.1, 0.15) is 6.10 Å². The van der Waals surface area contributed by atoms with Gasteiger partial charge in [0.2, 0.25) is 0 Å². The van der Waals surface area contributed by atoms with Crippen LogP contribution in [0.2, 0.25) is 0 Å². The summed E-state index contributed by atoms with van der Waals surface area (Å²) in [5.74, 6) is 0.470. The van der Waals surface area contributed by atoms with Crippen LogP contribution in [0.15, 0.2) is 12.4 Å². The number of carbonyl (C=O) groups is 1. The summed E-state index contributed by atoms with van der Waals surface area (Å²) in [6.45, 7) is 2.19. The first-order valence-electron chi connectivity index (χ1n) is 5.49. The molecular weight excluding hydrogens is 192 g/mol. The van der Waals surface area contributed by atoms with Gasteiger partial charge in [0.05, 0.1) is 11.8 Å². The average Bonchev–Trinajstić information content (AvgIpc) is 2.87. The summed E-state index contributed by atoms with van der Waals surface area (Å²) in [5.41, 5.74) is 0.509. The van der Waals surface area contributed by atoms with Crippen LogP contribution in [0, 0.1) is 5.92 Å². The normalized spacial score (nSPS) is 25.4. The predicted octanol–water partition coefficient (Wildman–Crippen LogP) is 2.15. The second-order valence-corrected chi connectivity index (χ2v) is 4.10. The maximum Gasteiger partial charge on any atom is 0.341 e. The van der Waals surface area contributed by atoms with Gasteiger partial charge in [0.25, 0.3) is 0 Å². The first-order valence-corrected chi connectivity index (χ1v) is 5.49. The number of H-pyrrole nitrogens is 1. The summed E-state index contributed by atoms with van der Waals surface area (Å²) in [4.78, 5) is 11.6. The SMILES string of the molecule is CC[C@@H]1CC[C@@H](OC(=O)c2cn[nH]c2)C1. The molecular formula is C11H16N2O2. The van der Waals surface area contributed by atoms with E-state index in [9.17, 15) is 4.79 Å². The molecule has 2 atom stereocenters. The number of aromatic nitrogens is 2. The lowest BCUT2D eigenvalue weighted by atomic mass is 10.1. The van der Waals surface area contributed by atoms with Crippen LogP contribution in [0.4, 0.5) is 0 Å². The number of hydrogen-bond donors (Lipinski definition) is 1. The molecule has 0 aromatic carbocycles. The average molecular weight is 208 g/mol. The van der Waals surface area contributed by atoms with E-state index in [2.05, 4.69) is 17.1 Å².